The molecule has 142 valence electrons. The first-order valence-electron chi connectivity index (χ1n) is 8.63. The lowest BCUT2D eigenvalue weighted by Crippen LogP contribution is -2.42. The summed E-state index contributed by atoms with van der Waals surface area (Å²) < 4.78 is 29.0. The number of ether oxygens (including phenoxy) is 1. The molecule has 27 heavy (non-hydrogen) atoms. The molecule has 1 aliphatic heterocycles. The number of benzene rings is 2. The van der Waals surface area contributed by atoms with Gasteiger partial charge in [-0.2, -0.15) is 0 Å². The zero-order valence-electron chi connectivity index (χ0n) is 15.2. The lowest BCUT2D eigenvalue weighted by atomic mass is 9.99. The van der Waals surface area contributed by atoms with Gasteiger partial charge in [-0.25, -0.2) is 13.2 Å². The number of fused-ring (bicyclic) bond motifs is 1. The van der Waals surface area contributed by atoms with E-state index in [1.807, 2.05) is 24.3 Å². The Morgan fingerprint density at radius 3 is 2.37 bits per heavy atom. The minimum atomic E-state index is -3.58. The number of amides is 1. The van der Waals surface area contributed by atoms with Crippen LogP contribution in [0.2, 0.25) is 0 Å². The average Bonchev–Trinajstić information content (AvgIpc) is 2.66. The molecular weight excluding hydrogens is 366 g/mol. The fourth-order valence-electron chi connectivity index (χ4n) is 3.17. The van der Waals surface area contributed by atoms with E-state index in [0.29, 0.717) is 13.1 Å². The average molecular weight is 387 g/mol. The van der Waals surface area contributed by atoms with Gasteiger partial charge < -0.3 is 9.64 Å². The van der Waals surface area contributed by atoms with Gasteiger partial charge in [0.15, 0.2) is 15.9 Å². The zero-order valence-corrected chi connectivity index (χ0v) is 16.0. The Bertz CT molecular complexity index is 983. The van der Waals surface area contributed by atoms with Crippen molar-refractivity contribution in [3.8, 4) is 0 Å². The van der Waals surface area contributed by atoms with Crippen molar-refractivity contribution < 1.29 is 22.7 Å². The molecule has 3 rings (SSSR count). The molecule has 1 amide bonds. The van der Waals surface area contributed by atoms with E-state index in [1.54, 1.807) is 11.0 Å². The molecule has 0 saturated heterocycles. The van der Waals surface area contributed by atoms with Gasteiger partial charge in [0.25, 0.3) is 5.91 Å². The van der Waals surface area contributed by atoms with E-state index in [1.165, 1.54) is 30.7 Å². The van der Waals surface area contributed by atoms with Gasteiger partial charge in [0.2, 0.25) is 0 Å². The molecule has 0 bridgehead atoms. The maximum atomic E-state index is 12.7. The number of esters is 1. The highest BCUT2D eigenvalue weighted by atomic mass is 32.2. The third kappa shape index (κ3) is 4.19. The molecule has 0 aromatic heterocycles. The second-order valence-corrected chi connectivity index (χ2v) is 8.58. The highest BCUT2D eigenvalue weighted by molar-refractivity contribution is 7.90. The number of sulfone groups is 1. The molecule has 7 heteroatoms. The molecule has 1 aliphatic rings. The maximum absolute atomic E-state index is 12.7. The summed E-state index contributed by atoms with van der Waals surface area (Å²) >= 11 is 0. The van der Waals surface area contributed by atoms with Crippen LogP contribution in [0.3, 0.4) is 0 Å². The summed E-state index contributed by atoms with van der Waals surface area (Å²) in [5, 5.41) is 0. The van der Waals surface area contributed by atoms with Gasteiger partial charge in [-0.05, 0) is 36.6 Å². The van der Waals surface area contributed by atoms with Crippen LogP contribution in [0, 0.1) is 0 Å². The summed E-state index contributed by atoms with van der Waals surface area (Å²) in [6.07, 6.45) is 0.772. The largest absolute Gasteiger partial charge is 0.449 e. The van der Waals surface area contributed by atoms with Gasteiger partial charge in [0.05, 0.1) is 10.5 Å². The van der Waals surface area contributed by atoms with E-state index in [0.717, 1.165) is 18.2 Å². The van der Waals surface area contributed by atoms with E-state index >= 15 is 0 Å². The predicted octanol–water partition coefficient (Wildman–Crippen LogP) is 2.22. The number of hydrogen-bond acceptors (Lipinski definition) is 5. The normalized spacial score (nSPS) is 15.0. The Morgan fingerprint density at radius 2 is 1.67 bits per heavy atom. The first kappa shape index (κ1) is 19.1. The molecule has 6 nitrogen and oxygen atoms in total. The van der Waals surface area contributed by atoms with Gasteiger partial charge in [-0.15, -0.1) is 0 Å². The minimum Gasteiger partial charge on any atom is -0.449 e. The van der Waals surface area contributed by atoms with Crippen LogP contribution in [0.15, 0.2) is 53.4 Å². The molecule has 0 radical (unpaired) electrons. The topological polar surface area (TPSA) is 80.8 Å². The third-order valence-electron chi connectivity index (χ3n) is 4.58. The van der Waals surface area contributed by atoms with Gasteiger partial charge in [-0.1, -0.05) is 36.4 Å². The van der Waals surface area contributed by atoms with E-state index < -0.39 is 21.9 Å². The van der Waals surface area contributed by atoms with E-state index in [-0.39, 0.29) is 16.4 Å². The highest BCUT2D eigenvalue weighted by Gasteiger charge is 2.28. The van der Waals surface area contributed by atoms with Gasteiger partial charge in [0, 0.05) is 19.3 Å². The first-order valence-corrected chi connectivity index (χ1v) is 10.5. The Hall–Kier alpha value is -2.67. The molecule has 0 saturated carbocycles. The fraction of sp³-hybridized carbons (Fsp3) is 0.300. The Kier molecular flexibility index (Phi) is 5.32. The summed E-state index contributed by atoms with van der Waals surface area (Å²) in [6.45, 7) is 2.53. The summed E-state index contributed by atoms with van der Waals surface area (Å²) in [5.74, 6) is -1.12. The molecule has 0 spiro atoms. The Morgan fingerprint density at radius 1 is 1.04 bits per heavy atom. The van der Waals surface area contributed by atoms with Gasteiger partial charge >= 0.3 is 5.97 Å². The van der Waals surface area contributed by atoms with Crippen LogP contribution >= 0.6 is 0 Å². The number of carbonyl (C=O) groups is 2. The molecule has 0 N–H and O–H groups in total. The van der Waals surface area contributed by atoms with Crippen LogP contribution in [-0.2, 0) is 32.3 Å². The van der Waals surface area contributed by atoms with Crippen molar-refractivity contribution >= 4 is 21.7 Å². The van der Waals surface area contributed by atoms with Crippen molar-refractivity contribution in [1.29, 1.82) is 0 Å². The smallest absolute Gasteiger partial charge is 0.340 e. The zero-order chi connectivity index (χ0) is 19.6. The predicted molar refractivity (Wildman–Crippen MR) is 100.0 cm³/mol. The summed E-state index contributed by atoms with van der Waals surface area (Å²) in [4.78, 5) is 26.7. The van der Waals surface area contributed by atoms with Crippen LogP contribution in [0.4, 0.5) is 0 Å². The van der Waals surface area contributed by atoms with Crippen molar-refractivity contribution in [3.05, 3.63) is 65.2 Å². The van der Waals surface area contributed by atoms with Gasteiger partial charge in [0.1, 0.15) is 0 Å². The summed E-state index contributed by atoms with van der Waals surface area (Å²) in [6, 6.07) is 13.7. The number of rotatable bonds is 4. The van der Waals surface area contributed by atoms with E-state index in [4.69, 9.17) is 4.74 Å². The molecule has 1 heterocycles. The summed E-state index contributed by atoms with van der Waals surface area (Å²) in [5.41, 5.74) is 2.23. The van der Waals surface area contributed by atoms with Crippen molar-refractivity contribution in [3.63, 3.8) is 0 Å². The standard InChI is InChI=1S/C20H21NO5S/c1-14(19(22)21-12-11-15-7-3-4-8-16(15)13-21)26-20(23)17-9-5-6-10-18(17)27(2,24)25/h3-10,14H,11-13H2,1-2H3/t14-/m1/s1. The quantitative estimate of drug-likeness (QED) is 0.752. The van der Waals surface area contributed by atoms with Crippen molar-refractivity contribution in [2.24, 2.45) is 0 Å². The molecular formula is C20H21NO5S. The van der Waals surface area contributed by atoms with E-state index in [2.05, 4.69) is 0 Å². The Balaban J connectivity index is 1.72. The second kappa shape index (κ2) is 7.52. The summed E-state index contributed by atoms with van der Waals surface area (Å²) in [7, 11) is -3.58. The van der Waals surface area contributed by atoms with Crippen LogP contribution in [0.1, 0.15) is 28.4 Å². The Labute approximate surface area is 158 Å². The van der Waals surface area contributed by atoms with Crippen molar-refractivity contribution in [2.75, 3.05) is 12.8 Å². The van der Waals surface area contributed by atoms with Crippen LogP contribution in [0.5, 0.6) is 0 Å². The van der Waals surface area contributed by atoms with Crippen molar-refractivity contribution in [2.45, 2.75) is 30.9 Å². The van der Waals surface area contributed by atoms with Crippen LogP contribution < -0.4 is 0 Å². The van der Waals surface area contributed by atoms with E-state index in [9.17, 15) is 18.0 Å². The maximum Gasteiger partial charge on any atom is 0.340 e. The first-order chi connectivity index (χ1) is 12.8. The van der Waals surface area contributed by atoms with Crippen LogP contribution in [0.25, 0.3) is 0 Å². The minimum absolute atomic E-state index is 0.0661. The molecule has 2 aromatic carbocycles. The fourth-order valence-corrected chi connectivity index (χ4v) is 4.05. The van der Waals surface area contributed by atoms with Gasteiger partial charge in [-0.3, -0.25) is 4.79 Å². The third-order valence-corrected chi connectivity index (χ3v) is 5.74. The molecule has 0 unspecified atom stereocenters. The number of nitrogens with zero attached hydrogens (tertiary/aromatic N) is 1. The monoisotopic (exact) mass is 387 g/mol. The molecule has 1 atom stereocenters. The molecule has 0 fully saturated rings. The second-order valence-electron chi connectivity index (χ2n) is 6.59. The SMILES string of the molecule is C[C@@H](OC(=O)c1ccccc1S(C)(=O)=O)C(=O)N1CCc2ccccc2C1. The highest BCUT2D eigenvalue weighted by Crippen LogP contribution is 2.21. The van der Waals surface area contributed by atoms with Crippen LogP contribution in [-0.4, -0.2) is 44.1 Å². The number of hydrogen-bond donors (Lipinski definition) is 0. The molecule has 2 aromatic rings. The lowest BCUT2D eigenvalue weighted by Gasteiger charge is -2.30. The molecule has 0 aliphatic carbocycles. The lowest BCUT2D eigenvalue weighted by molar-refractivity contribution is -0.140. The van der Waals surface area contributed by atoms with Crippen molar-refractivity contribution in [1.82, 2.24) is 4.90 Å². The number of carbonyl (C=O) groups excluding carboxylic acids is 2.